The maximum absolute atomic E-state index is 5.84. The molecular formula is C18H25N5O. The van der Waals surface area contributed by atoms with Crippen molar-refractivity contribution < 1.29 is 4.74 Å². The summed E-state index contributed by atoms with van der Waals surface area (Å²) in [6, 6.07) is 5.93. The predicted molar refractivity (Wildman–Crippen MR) is 97.6 cm³/mol. The molecule has 0 radical (unpaired) electrons. The Labute approximate surface area is 142 Å². The van der Waals surface area contributed by atoms with Gasteiger partial charge in [0.25, 0.3) is 0 Å². The smallest absolute Gasteiger partial charge is 0.153 e. The summed E-state index contributed by atoms with van der Waals surface area (Å²) in [6.45, 7) is 9.26. The third-order valence-electron chi connectivity index (χ3n) is 3.63. The molecule has 0 saturated carbocycles. The highest BCUT2D eigenvalue weighted by atomic mass is 16.5. The van der Waals surface area contributed by atoms with Crippen LogP contribution in [0.2, 0.25) is 0 Å². The molecule has 24 heavy (non-hydrogen) atoms. The van der Waals surface area contributed by atoms with Gasteiger partial charge in [-0.3, -0.25) is 4.98 Å². The first kappa shape index (κ1) is 17.7. The van der Waals surface area contributed by atoms with Crippen molar-refractivity contribution in [2.24, 2.45) is 10.7 Å². The lowest BCUT2D eigenvalue weighted by atomic mass is 10.1. The van der Waals surface area contributed by atoms with Crippen LogP contribution in [0.15, 0.2) is 41.8 Å². The van der Waals surface area contributed by atoms with Gasteiger partial charge in [-0.15, -0.1) is 0 Å². The highest BCUT2D eigenvalue weighted by molar-refractivity contribution is 5.81. The van der Waals surface area contributed by atoms with Crippen molar-refractivity contribution >= 4 is 18.2 Å². The van der Waals surface area contributed by atoms with Crippen LogP contribution in [0.1, 0.15) is 25.5 Å². The van der Waals surface area contributed by atoms with E-state index in [4.69, 9.17) is 10.5 Å². The summed E-state index contributed by atoms with van der Waals surface area (Å²) in [5.41, 5.74) is 6.91. The van der Waals surface area contributed by atoms with Gasteiger partial charge in [-0.05, 0) is 36.8 Å². The molecule has 0 fully saturated rings. The van der Waals surface area contributed by atoms with Gasteiger partial charge >= 0.3 is 0 Å². The largest absolute Gasteiger partial charge is 0.387 e. The molecule has 1 atom stereocenters. The summed E-state index contributed by atoms with van der Waals surface area (Å²) >= 11 is 0. The first-order valence-electron chi connectivity index (χ1n) is 7.87. The average molecular weight is 327 g/mol. The minimum atomic E-state index is 0.0296. The van der Waals surface area contributed by atoms with Gasteiger partial charge in [-0.1, -0.05) is 12.6 Å². The fourth-order valence-corrected chi connectivity index (χ4v) is 2.43. The predicted octanol–water partition coefficient (Wildman–Crippen LogP) is 0.733. The molecule has 0 amide bonds. The Bertz CT molecular complexity index is 791. The van der Waals surface area contributed by atoms with Crippen molar-refractivity contribution in [3.8, 4) is 0 Å². The standard InChI is InChI=1S/C18H25N5O/c1-13-7-9-23(10-11-24-4)17(13)18(22-15(3)19)21-14(2)16-6-5-8-20-12-16/h5-9,12,14,21H,1,10-11H2,2-4H3,(H2,19,22)/b18-17+. The van der Waals surface area contributed by atoms with E-state index in [1.165, 1.54) is 0 Å². The first-order chi connectivity index (χ1) is 11.5. The molecular weight excluding hydrogens is 302 g/mol. The highest BCUT2D eigenvalue weighted by Crippen LogP contribution is 2.12. The Balaban J connectivity index is 2.48. The minimum Gasteiger partial charge on any atom is -0.387 e. The molecule has 2 aromatic rings. The van der Waals surface area contributed by atoms with Crippen LogP contribution < -0.4 is 21.6 Å². The number of methoxy groups -OCH3 is 1. The molecule has 1 unspecified atom stereocenters. The van der Waals surface area contributed by atoms with E-state index in [-0.39, 0.29) is 6.04 Å². The summed E-state index contributed by atoms with van der Waals surface area (Å²) in [7, 11) is 1.68. The van der Waals surface area contributed by atoms with Crippen LogP contribution >= 0.6 is 0 Å². The van der Waals surface area contributed by atoms with Gasteiger partial charge in [0.1, 0.15) is 0 Å². The van der Waals surface area contributed by atoms with Crippen molar-refractivity contribution in [1.29, 1.82) is 0 Å². The molecule has 0 aliphatic rings. The second-order valence-corrected chi connectivity index (χ2v) is 5.63. The van der Waals surface area contributed by atoms with E-state index in [9.17, 15) is 0 Å². The van der Waals surface area contributed by atoms with E-state index in [2.05, 4.69) is 33.4 Å². The molecule has 0 aliphatic heterocycles. The Kier molecular flexibility index (Phi) is 6.14. The van der Waals surface area contributed by atoms with Gasteiger partial charge < -0.3 is 20.4 Å². The Morgan fingerprint density at radius 3 is 2.92 bits per heavy atom. The summed E-state index contributed by atoms with van der Waals surface area (Å²) in [5.74, 6) is 1.17. The average Bonchev–Trinajstić information content (AvgIpc) is 2.93. The fourth-order valence-electron chi connectivity index (χ4n) is 2.43. The molecule has 6 heteroatoms. The number of hydrogen-bond acceptors (Lipinski definition) is 4. The number of amidine groups is 1. The third-order valence-corrected chi connectivity index (χ3v) is 3.63. The second kappa shape index (κ2) is 8.31. The molecule has 2 heterocycles. The van der Waals surface area contributed by atoms with Gasteiger partial charge in [0.15, 0.2) is 5.82 Å². The zero-order valence-electron chi connectivity index (χ0n) is 14.5. The van der Waals surface area contributed by atoms with E-state index in [1.54, 1.807) is 20.2 Å². The minimum absolute atomic E-state index is 0.0296. The topological polar surface area (TPSA) is 77.5 Å². The molecule has 0 bridgehead atoms. The molecule has 2 rings (SSSR count). The van der Waals surface area contributed by atoms with Crippen LogP contribution in [-0.4, -0.2) is 29.1 Å². The van der Waals surface area contributed by atoms with E-state index in [1.807, 2.05) is 30.6 Å². The Hall–Kier alpha value is -2.60. The van der Waals surface area contributed by atoms with Gasteiger partial charge in [0.2, 0.25) is 0 Å². The molecule has 3 N–H and O–H groups in total. The summed E-state index contributed by atoms with van der Waals surface area (Å²) in [5, 5.41) is 5.23. The number of pyridine rings is 1. The van der Waals surface area contributed by atoms with Crippen LogP contribution in [0.4, 0.5) is 0 Å². The molecule has 0 aromatic carbocycles. The van der Waals surface area contributed by atoms with E-state index < -0.39 is 0 Å². The van der Waals surface area contributed by atoms with Crippen molar-refractivity contribution in [2.75, 3.05) is 13.7 Å². The number of nitrogens with one attached hydrogen (secondary N) is 1. The lowest BCUT2D eigenvalue weighted by molar-refractivity contribution is 0.186. The van der Waals surface area contributed by atoms with Crippen molar-refractivity contribution in [1.82, 2.24) is 14.9 Å². The van der Waals surface area contributed by atoms with Gasteiger partial charge in [0.05, 0.1) is 23.8 Å². The van der Waals surface area contributed by atoms with Gasteiger partial charge in [0, 0.05) is 32.2 Å². The number of aromatic nitrogens is 2. The third kappa shape index (κ3) is 4.45. The number of nitrogens with two attached hydrogens (primary N) is 1. The van der Waals surface area contributed by atoms with Crippen LogP contribution in [0.25, 0.3) is 12.4 Å². The molecule has 0 saturated heterocycles. The Morgan fingerprint density at radius 2 is 2.29 bits per heavy atom. The van der Waals surface area contributed by atoms with Crippen LogP contribution in [0.3, 0.4) is 0 Å². The molecule has 0 spiro atoms. The summed E-state index contributed by atoms with van der Waals surface area (Å²) in [6.07, 6.45) is 5.57. The number of ether oxygens (including phenoxy) is 1. The van der Waals surface area contributed by atoms with Gasteiger partial charge in [-0.25, -0.2) is 4.99 Å². The maximum atomic E-state index is 5.84. The monoisotopic (exact) mass is 327 g/mol. The number of nitrogens with zero attached hydrogens (tertiary/aromatic N) is 3. The normalized spacial score (nSPS) is 14.4. The fraction of sp³-hybridized carbons (Fsp3) is 0.333. The maximum Gasteiger partial charge on any atom is 0.153 e. The molecule has 0 aliphatic carbocycles. The summed E-state index contributed by atoms with van der Waals surface area (Å²) in [4.78, 5) is 8.66. The summed E-state index contributed by atoms with van der Waals surface area (Å²) < 4.78 is 7.25. The lowest BCUT2D eigenvalue weighted by Crippen LogP contribution is -2.36. The Morgan fingerprint density at radius 1 is 1.50 bits per heavy atom. The van der Waals surface area contributed by atoms with Gasteiger partial charge in [-0.2, -0.15) is 0 Å². The molecule has 2 aromatic heterocycles. The molecule has 128 valence electrons. The SMILES string of the molecule is C=c1ccn(CCOC)/c1=C(/N=C(\C)N)NC(C)c1cccnc1. The highest BCUT2D eigenvalue weighted by Gasteiger charge is 2.10. The first-order valence-corrected chi connectivity index (χ1v) is 7.87. The van der Waals surface area contributed by atoms with Crippen molar-refractivity contribution in [3.63, 3.8) is 0 Å². The van der Waals surface area contributed by atoms with E-state index >= 15 is 0 Å². The van der Waals surface area contributed by atoms with Crippen LogP contribution in [-0.2, 0) is 11.3 Å². The van der Waals surface area contributed by atoms with E-state index in [0.717, 1.165) is 16.1 Å². The molecule has 6 nitrogen and oxygen atoms in total. The van der Waals surface area contributed by atoms with Crippen LogP contribution in [0.5, 0.6) is 0 Å². The quantitative estimate of drug-likeness (QED) is 0.581. The zero-order valence-corrected chi connectivity index (χ0v) is 14.5. The zero-order chi connectivity index (χ0) is 17.5. The lowest BCUT2D eigenvalue weighted by Gasteiger charge is -2.16. The van der Waals surface area contributed by atoms with E-state index in [0.29, 0.717) is 24.8 Å². The number of rotatable bonds is 7. The second-order valence-electron chi connectivity index (χ2n) is 5.63. The number of hydrogen-bond donors (Lipinski definition) is 2. The number of aliphatic imine (C=N–C) groups is 1. The van der Waals surface area contributed by atoms with Crippen LogP contribution in [0, 0.1) is 0 Å². The van der Waals surface area contributed by atoms with Crippen molar-refractivity contribution in [3.05, 3.63) is 52.9 Å². The van der Waals surface area contributed by atoms with Crippen molar-refractivity contribution in [2.45, 2.75) is 26.4 Å².